The van der Waals surface area contributed by atoms with Crippen LogP contribution in [-0.2, 0) is 14.3 Å². The summed E-state index contributed by atoms with van der Waals surface area (Å²) in [6, 6.07) is -0.825. The van der Waals surface area contributed by atoms with Crippen LogP contribution in [0.25, 0.3) is 0 Å². The zero-order chi connectivity index (χ0) is 16.4. The molecule has 0 aromatic heterocycles. The normalized spacial score (nSPS) is 13.8. The van der Waals surface area contributed by atoms with Crippen LogP contribution in [-0.4, -0.2) is 68.1 Å². The molecule has 0 spiro atoms. The van der Waals surface area contributed by atoms with Gasteiger partial charge in [0.15, 0.2) is 0 Å². The Bertz CT molecular complexity index is 322. The lowest BCUT2D eigenvalue weighted by Gasteiger charge is -2.31. The first-order chi connectivity index (χ1) is 9.83. The third kappa shape index (κ3) is 7.87. The summed E-state index contributed by atoms with van der Waals surface area (Å²) in [5.41, 5.74) is 0. The molecule has 7 heteroatoms. The smallest absolute Gasteiger partial charge is 0.318 e. The van der Waals surface area contributed by atoms with Crippen molar-refractivity contribution in [3.63, 3.8) is 0 Å². The third-order valence-corrected chi connectivity index (χ3v) is 3.25. The molecular formula is C14H28N2O5. The van der Waals surface area contributed by atoms with Crippen LogP contribution in [0.15, 0.2) is 0 Å². The van der Waals surface area contributed by atoms with Gasteiger partial charge in [0.1, 0.15) is 0 Å². The lowest BCUT2D eigenvalue weighted by Crippen LogP contribution is -2.52. The molecule has 2 atom stereocenters. The van der Waals surface area contributed by atoms with Gasteiger partial charge in [0.05, 0.1) is 25.7 Å². The van der Waals surface area contributed by atoms with E-state index in [4.69, 9.17) is 14.6 Å². The highest BCUT2D eigenvalue weighted by atomic mass is 16.5. The third-order valence-electron chi connectivity index (χ3n) is 3.25. The molecule has 0 aliphatic heterocycles. The van der Waals surface area contributed by atoms with E-state index in [1.165, 1.54) is 0 Å². The summed E-state index contributed by atoms with van der Waals surface area (Å²) in [5.74, 6) is -0.894. The summed E-state index contributed by atoms with van der Waals surface area (Å²) in [6.07, 6.45) is -0.0970. The van der Waals surface area contributed by atoms with Crippen LogP contribution in [0.1, 0.15) is 27.2 Å². The molecule has 0 aromatic rings. The van der Waals surface area contributed by atoms with Crippen LogP contribution in [0.5, 0.6) is 0 Å². The number of carbonyl (C=O) groups is 2. The topological polar surface area (TPSA) is 88.1 Å². The van der Waals surface area contributed by atoms with Gasteiger partial charge in [-0.15, -0.1) is 0 Å². The predicted molar refractivity (Wildman–Crippen MR) is 79.3 cm³/mol. The van der Waals surface area contributed by atoms with Gasteiger partial charge in [0, 0.05) is 26.8 Å². The van der Waals surface area contributed by atoms with E-state index in [0.29, 0.717) is 19.8 Å². The number of amides is 2. The molecule has 0 aliphatic carbocycles. The summed E-state index contributed by atoms with van der Waals surface area (Å²) in [7, 11) is 3.14. The Morgan fingerprint density at radius 2 is 1.81 bits per heavy atom. The van der Waals surface area contributed by atoms with Crippen molar-refractivity contribution in [1.29, 1.82) is 0 Å². The minimum Gasteiger partial charge on any atom is -0.481 e. The van der Waals surface area contributed by atoms with Gasteiger partial charge in [-0.2, -0.15) is 0 Å². The van der Waals surface area contributed by atoms with Gasteiger partial charge in [-0.1, -0.05) is 13.8 Å². The second-order valence-corrected chi connectivity index (χ2v) is 5.39. The fraction of sp³-hybridized carbons (Fsp3) is 0.857. The van der Waals surface area contributed by atoms with Crippen molar-refractivity contribution in [2.45, 2.75) is 39.3 Å². The molecule has 2 N–H and O–H groups in total. The van der Waals surface area contributed by atoms with E-state index in [1.807, 2.05) is 20.8 Å². The second-order valence-electron chi connectivity index (χ2n) is 5.39. The molecule has 124 valence electrons. The Balaban J connectivity index is 4.78. The van der Waals surface area contributed by atoms with E-state index >= 15 is 0 Å². The SMILES string of the molecule is COCCN(C(=O)NC(CC(=O)O)C(C)C)C(C)COC. The van der Waals surface area contributed by atoms with E-state index in [0.717, 1.165) is 0 Å². The van der Waals surface area contributed by atoms with Gasteiger partial charge in [0.2, 0.25) is 0 Å². The average molecular weight is 304 g/mol. The van der Waals surface area contributed by atoms with Gasteiger partial charge < -0.3 is 24.8 Å². The minimum atomic E-state index is -0.928. The Labute approximate surface area is 126 Å². The maximum atomic E-state index is 12.4. The highest BCUT2D eigenvalue weighted by molar-refractivity contribution is 5.76. The van der Waals surface area contributed by atoms with Crippen molar-refractivity contribution in [2.75, 3.05) is 34.0 Å². The Hall–Kier alpha value is -1.34. The van der Waals surface area contributed by atoms with Crippen LogP contribution in [0.4, 0.5) is 4.79 Å². The molecule has 7 nitrogen and oxygen atoms in total. The zero-order valence-corrected chi connectivity index (χ0v) is 13.6. The van der Waals surface area contributed by atoms with Crippen LogP contribution >= 0.6 is 0 Å². The fourth-order valence-corrected chi connectivity index (χ4v) is 1.93. The number of carbonyl (C=O) groups excluding carboxylic acids is 1. The number of rotatable bonds is 10. The largest absolute Gasteiger partial charge is 0.481 e. The van der Waals surface area contributed by atoms with Gasteiger partial charge in [0.25, 0.3) is 0 Å². The average Bonchev–Trinajstić information content (AvgIpc) is 2.38. The number of nitrogens with one attached hydrogen (secondary N) is 1. The Morgan fingerprint density at radius 3 is 2.24 bits per heavy atom. The second kappa shape index (κ2) is 10.4. The zero-order valence-electron chi connectivity index (χ0n) is 13.6. The van der Waals surface area contributed by atoms with Crippen molar-refractivity contribution in [3.05, 3.63) is 0 Å². The molecule has 2 unspecified atom stereocenters. The molecule has 0 aromatic carbocycles. The molecule has 0 saturated heterocycles. The fourth-order valence-electron chi connectivity index (χ4n) is 1.93. The first kappa shape index (κ1) is 19.7. The highest BCUT2D eigenvalue weighted by Crippen LogP contribution is 2.09. The van der Waals surface area contributed by atoms with Gasteiger partial charge >= 0.3 is 12.0 Å². The van der Waals surface area contributed by atoms with Crippen LogP contribution in [0, 0.1) is 5.92 Å². The number of methoxy groups -OCH3 is 2. The predicted octanol–water partition coefficient (Wildman–Crippen LogP) is 1.18. The monoisotopic (exact) mass is 304 g/mol. The molecule has 0 aliphatic rings. The summed E-state index contributed by atoms with van der Waals surface area (Å²) >= 11 is 0. The van der Waals surface area contributed by atoms with Gasteiger partial charge in [-0.25, -0.2) is 4.79 Å². The maximum Gasteiger partial charge on any atom is 0.318 e. The summed E-state index contributed by atoms with van der Waals surface area (Å²) in [4.78, 5) is 24.8. The standard InChI is InChI=1S/C14H28N2O5/c1-10(2)12(8-13(17)18)15-14(19)16(6-7-20-4)11(3)9-21-5/h10-12H,6-9H2,1-5H3,(H,15,19)(H,17,18). The van der Waals surface area contributed by atoms with Crippen LogP contribution in [0.3, 0.4) is 0 Å². The molecule has 0 bridgehead atoms. The lowest BCUT2D eigenvalue weighted by atomic mass is 10.0. The number of hydrogen-bond acceptors (Lipinski definition) is 4. The van der Waals surface area contributed by atoms with Crippen molar-refractivity contribution in [3.8, 4) is 0 Å². The molecule has 2 amide bonds. The lowest BCUT2D eigenvalue weighted by molar-refractivity contribution is -0.137. The first-order valence-electron chi connectivity index (χ1n) is 7.10. The number of ether oxygens (including phenoxy) is 2. The first-order valence-corrected chi connectivity index (χ1v) is 7.10. The van der Waals surface area contributed by atoms with E-state index in [1.54, 1.807) is 19.1 Å². The van der Waals surface area contributed by atoms with Crippen LogP contribution in [0.2, 0.25) is 0 Å². The summed E-state index contributed by atoms with van der Waals surface area (Å²) in [5, 5.41) is 11.7. The van der Waals surface area contributed by atoms with E-state index in [2.05, 4.69) is 5.32 Å². The summed E-state index contributed by atoms with van der Waals surface area (Å²) < 4.78 is 10.1. The van der Waals surface area contributed by atoms with E-state index in [-0.39, 0.29) is 24.4 Å². The number of carboxylic acids is 1. The molecule has 0 fully saturated rings. The van der Waals surface area contributed by atoms with E-state index < -0.39 is 12.0 Å². The number of hydrogen-bond donors (Lipinski definition) is 2. The van der Waals surface area contributed by atoms with Gasteiger partial charge in [-0.05, 0) is 12.8 Å². The minimum absolute atomic E-state index is 0.0343. The van der Waals surface area contributed by atoms with Crippen molar-refractivity contribution in [2.24, 2.45) is 5.92 Å². The molecule has 0 rings (SSSR count). The quantitative estimate of drug-likeness (QED) is 0.633. The Kier molecular flexibility index (Phi) is 9.73. The van der Waals surface area contributed by atoms with Gasteiger partial charge in [-0.3, -0.25) is 4.79 Å². The molecule has 0 heterocycles. The van der Waals surface area contributed by atoms with Crippen molar-refractivity contribution < 1.29 is 24.2 Å². The molecular weight excluding hydrogens is 276 g/mol. The Morgan fingerprint density at radius 1 is 1.19 bits per heavy atom. The highest BCUT2D eigenvalue weighted by Gasteiger charge is 2.25. The molecule has 0 saturated carbocycles. The molecule has 0 radical (unpaired) electrons. The van der Waals surface area contributed by atoms with Crippen molar-refractivity contribution >= 4 is 12.0 Å². The van der Waals surface area contributed by atoms with Crippen molar-refractivity contribution in [1.82, 2.24) is 10.2 Å². The number of aliphatic carboxylic acids is 1. The number of carboxylic acid groups (broad SMARTS) is 1. The number of urea groups is 1. The summed E-state index contributed by atoms with van der Waals surface area (Å²) in [6.45, 7) is 6.87. The number of nitrogens with zero attached hydrogens (tertiary/aromatic N) is 1. The van der Waals surface area contributed by atoms with E-state index in [9.17, 15) is 9.59 Å². The van der Waals surface area contributed by atoms with Crippen LogP contribution < -0.4 is 5.32 Å². The maximum absolute atomic E-state index is 12.4. The molecule has 21 heavy (non-hydrogen) atoms.